The molecule has 2 heterocycles. The summed E-state index contributed by atoms with van der Waals surface area (Å²) in [5, 5.41) is 7.38. The lowest BCUT2D eigenvalue weighted by Crippen LogP contribution is -2.44. The first-order valence-electron chi connectivity index (χ1n) is 8.80. The predicted octanol–water partition coefficient (Wildman–Crippen LogP) is 3.83. The first-order chi connectivity index (χ1) is 12.7. The predicted molar refractivity (Wildman–Crippen MR) is 112 cm³/mol. The molecule has 1 fully saturated rings. The molecule has 0 radical (unpaired) electrons. The highest BCUT2D eigenvalue weighted by atomic mass is 79.9. The van der Waals surface area contributed by atoms with E-state index in [1.54, 1.807) is 12.3 Å². The molecule has 2 N–H and O–H groups in total. The van der Waals surface area contributed by atoms with Gasteiger partial charge in [0.2, 0.25) is 0 Å². The molecule has 1 aromatic carbocycles. The third kappa shape index (κ3) is 5.11. The Morgan fingerprint density at radius 3 is 2.92 bits per heavy atom. The van der Waals surface area contributed by atoms with Gasteiger partial charge in [0, 0.05) is 36.3 Å². The topological polar surface area (TPSA) is 52.6 Å². The average molecular weight is 437 g/mol. The molecule has 2 aromatic rings. The summed E-state index contributed by atoms with van der Waals surface area (Å²) in [4.78, 5) is 11.2. The SMILES string of the molecule is CCNC(=NCc1ccc(Cl)nc1)NC1CCN(c2ccccc2Br)C1. The van der Waals surface area contributed by atoms with Crippen molar-refractivity contribution >= 4 is 39.2 Å². The number of para-hydroxylation sites is 1. The van der Waals surface area contributed by atoms with E-state index in [1.165, 1.54) is 5.69 Å². The lowest BCUT2D eigenvalue weighted by molar-refractivity contribution is 0.649. The number of nitrogens with zero attached hydrogens (tertiary/aromatic N) is 3. The van der Waals surface area contributed by atoms with Crippen molar-refractivity contribution in [2.45, 2.75) is 25.9 Å². The Balaban J connectivity index is 1.60. The first kappa shape index (κ1) is 19.0. The number of hydrogen-bond donors (Lipinski definition) is 2. The minimum absolute atomic E-state index is 0.364. The molecule has 5 nitrogen and oxygen atoms in total. The Kier molecular flexibility index (Phi) is 6.74. The Morgan fingerprint density at radius 2 is 2.19 bits per heavy atom. The number of guanidine groups is 1. The van der Waals surface area contributed by atoms with Crippen LogP contribution in [0.3, 0.4) is 0 Å². The molecule has 1 aromatic heterocycles. The smallest absolute Gasteiger partial charge is 0.191 e. The van der Waals surface area contributed by atoms with Crippen LogP contribution >= 0.6 is 27.5 Å². The van der Waals surface area contributed by atoms with Gasteiger partial charge in [-0.15, -0.1) is 0 Å². The van der Waals surface area contributed by atoms with Gasteiger partial charge < -0.3 is 15.5 Å². The van der Waals surface area contributed by atoms with E-state index in [1.807, 2.05) is 12.1 Å². The van der Waals surface area contributed by atoms with Crippen LogP contribution in [-0.2, 0) is 6.54 Å². The maximum atomic E-state index is 5.83. The van der Waals surface area contributed by atoms with Gasteiger partial charge in [0.05, 0.1) is 12.2 Å². The average Bonchev–Trinajstić information content (AvgIpc) is 3.10. The molecule has 1 unspecified atom stereocenters. The number of nitrogens with one attached hydrogen (secondary N) is 2. The summed E-state index contributed by atoms with van der Waals surface area (Å²) in [5.74, 6) is 0.835. The number of aliphatic imine (C=N–C) groups is 1. The fourth-order valence-corrected chi connectivity index (χ4v) is 3.64. The quantitative estimate of drug-likeness (QED) is 0.425. The van der Waals surface area contributed by atoms with E-state index in [0.717, 1.165) is 42.1 Å². The molecule has 3 rings (SSSR count). The fraction of sp³-hybridized carbons (Fsp3) is 0.368. The van der Waals surface area contributed by atoms with Gasteiger partial charge in [-0.25, -0.2) is 9.98 Å². The summed E-state index contributed by atoms with van der Waals surface area (Å²) >= 11 is 9.48. The number of rotatable bonds is 5. The van der Waals surface area contributed by atoms with E-state index >= 15 is 0 Å². The Labute approximate surface area is 168 Å². The zero-order chi connectivity index (χ0) is 18.4. The molecule has 1 aliphatic rings. The summed E-state index contributed by atoms with van der Waals surface area (Å²) in [6.07, 6.45) is 2.84. The minimum Gasteiger partial charge on any atom is -0.368 e. The Morgan fingerprint density at radius 1 is 1.35 bits per heavy atom. The van der Waals surface area contributed by atoms with Crippen LogP contribution < -0.4 is 15.5 Å². The summed E-state index contributed by atoms with van der Waals surface area (Å²) in [6.45, 7) is 5.45. The molecule has 138 valence electrons. The molecular formula is C19H23BrClN5. The summed E-state index contributed by atoms with van der Waals surface area (Å²) in [7, 11) is 0. The van der Waals surface area contributed by atoms with E-state index in [-0.39, 0.29) is 0 Å². The van der Waals surface area contributed by atoms with Gasteiger partial charge in [0.25, 0.3) is 0 Å². The van der Waals surface area contributed by atoms with Crippen molar-refractivity contribution in [1.29, 1.82) is 0 Å². The number of halogens is 2. The molecule has 0 aliphatic carbocycles. The maximum Gasteiger partial charge on any atom is 0.191 e. The number of benzene rings is 1. The molecule has 1 saturated heterocycles. The number of hydrogen-bond acceptors (Lipinski definition) is 3. The van der Waals surface area contributed by atoms with E-state index < -0.39 is 0 Å². The van der Waals surface area contributed by atoms with Crippen LogP contribution in [0, 0.1) is 0 Å². The zero-order valence-electron chi connectivity index (χ0n) is 14.8. The highest BCUT2D eigenvalue weighted by molar-refractivity contribution is 9.10. The lowest BCUT2D eigenvalue weighted by Gasteiger charge is -2.21. The van der Waals surface area contributed by atoms with Crippen molar-refractivity contribution in [2.75, 3.05) is 24.5 Å². The maximum absolute atomic E-state index is 5.83. The second-order valence-electron chi connectivity index (χ2n) is 6.21. The van der Waals surface area contributed by atoms with Crippen LogP contribution in [0.1, 0.15) is 18.9 Å². The van der Waals surface area contributed by atoms with Gasteiger partial charge in [0.15, 0.2) is 5.96 Å². The molecule has 0 saturated carbocycles. The third-order valence-corrected chi connectivity index (χ3v) is 5.17. The summed E-state index contributed by atoms with van der Waals surface area (Å²) in [6, 6.07) is 12.5. The monoisotopic (exact) mass is 435 g/mol. The van der Waals surface area contributed by atoms with E-state index in [4.69, 9.17) is 11.6 Å². The van der Waals surface area contributed by atoms with E-state index in [0.29, 0.717) is 17.7 Å². The summed E-state index contributed by atoms with van der Waals surface area (Å²) in [5.41, 5.74) is 2.28. The van der Waals surface area contributed by atoms with Crippen LogP contribution in [0.15, 0.2) is 52.1 Å². The van der Waals surface area contributed by atoms with Crippen molar-refractivity contribution in [2.24, 2.45) is 4.99 Å². The molecule has 0 amide bonds. The lowest BCUT2D eigenvalue weighted by atomic mass is 10.2. The number of anilines is 1. The number of pyridine rings is 1. The van der Waals surface area contributed by atoms with Crippen molar-refractivity contribution in [1.82, 2.24) is 15.6 Å². The second-order valence-corrected chi connectivity index (χ2v) is 7.45. The van der Waals surface area contributed by atoms with Gasteiger partial charge >= 0.3 is 0 Å². The highest BCUT2D eigenvalue weighted by Gasteiger charge is 2.24. The van der Waals surface area contributed by atoms with Crippen LogP contribution in [0.2, 0.25) is 5.15 Å². The van der Waals surface area contributed by atoms with E-state index in [9.17, 15) is 0 Å². The largest absolute Gasteiger partial charge is 0.368 e. The molecule has 0 spiro atoms. The van der Waals surface area contributed by atoms with Gasteiger partial charge in [-0.1, -0.05) is 29.8 Å². The van der Waals surface area contributed by atoms with Crippen LogP contribution in [0.4, 0.5) is 5.69 Å². The van der Waals surface area contributed by atoms with Crippen LogP contribution in [0.5, 0.6) is 0 Å². The van der Waals surface area contributed by atoms with E-state index in [2.05, 4.69) is 66.6 Å². The molecule has 1 aliphatic heterocycles. The van der Waals surface area contributed by atoms with Crippen LogP contribution in [-0.4, -0.2) is 36.6 Å². The van der Waals surface area contributed by atoms with Crippen molar-refractivity contribution in [3.63, 3.8) is 0 Å². The normalized spacial score (nSPS) is 17.4. The Hall–Kier alpha value is -1.79. The zero-order valence-corrected chi connectivity index (χ0v) is 17.1. The second kappa shape index (κ2) is 9.24. The fourth-order valence-electron chi connectivity index (χ4n) is 2.99. The number of aromatic nitrogens is 1. The highest BCUT2D eigenvalue weighted by Crippen LogP contribution is 2.28. The molecule has 1 atom stereocenters. The summed E-state index contributed by atoms with van der Waals surface area (Å²) < 4.78 is 1.14. The van der Waals surface area contributed by atoms with Gasteiger partial charge in [-0.3, -0.25) is 0 Å². The van der Waals surface area contributed by atoms with Crippen LogP contribution in [0.25, 0.3) is 0 Å². The molecule has 7 heteroatoms. The van der Waals surface area contributed by atoms with Crippen molar-refractivity contribution in [3.8, 4) is 0 Å². The van der Waals surface area contributed by atoms with Gasteiger partial charge in [-0.2, -0.15) is 0 Å². The molecule has 0 bridgehead atoms. The first-order valence-corrected chi connectivity index (χ1v) is 9.97. The van der Waals surface area contributed by atoms with Gasteiger partial charge in [0.1, 0.15) is 5.15 Å². The molecular weight excluding hydrogens is 414 g/mol. The third-order valence-electron chi connectivity index (χ3n) is 4.27. The van der Waals surface area contributed by atoms with Crippen molar-refractivity contribution in [3.05, 3.63) is 57.8 Å². The minimum atomic E-state index is 0.364. The standard InChI is InChI=1S/C19H23BrClN5/c1-2-22-19(24-12-14-7-8-18(21)23-11-14)25-15-9-10-26(13-15)17-6-4-3-5-16(17)20/h3-8,11,15H,2,9-10,12-13H2,1H3,(H2,22,24,25). The molecule has 26 heavy (non-hydrogen) atoms. The Bertz CT molecular complexity index is 750. The van der Waals surface area contributed by atoms with Gasteiger partial charge in [-0.05, 0) is 53.0 Å². The van der Waals surface area contributed by atoms with Crippen molar-refractivity contribution < 1.29 is 0 Å².